The number of pyridine rings is 1. The van der Waals surface area contributed by atoms with Crippen LogP contribution >= 0.6 is 11.6 Å². The molecule has 0 spiro atoms. The number of likely N-dealkylation sites (tertiary alicyclic amines) is 2. The fraction of sp³-hybridized carbons (Fsp3) is 0.526. The number of hydrogen-bond acceptors (Lipinski definition) is 3. The van der Waals surface area contributed by atoms with Crippen molar-refractivity contribution in [2.24, 2.45) is 0 Å². The number of rotatable bonds is 4. The molecule has 4 rings (SSSR count). The van der Waals surface area contributed by atoms with Crippen molar-refractivity contribution in [1.29, 1.82) is 0 Å². The van der Waals surface area contributed by atoms with Crippen LogP contribution in [0.5, 0.6) is 0 Å². The molecule has 122 valence electrons. The van der Waals surface area contributed by atoms with E-state index in [-0.39, 0.29) is 0 Å². The summed E-state index contributed by atoms with van der Waals surface area (Å²) in [6.45, 7) is 6.00. The minimum absolute atomic E-state index is 0.697. The van der Waals surface area contributed by atoms with E-state index in [1.807, 2.05) is 18.3 Å². The summed E-state index contributed by atoms with van der Waals surface area (Å²) in [6, 6.07) is 8.90. The summed E-state index contributed by atoms with van der Waals surface area (Å²) in [5.74, 6) is 0. The van der Waals surface area contributed by atoms with Crippen molar-refractivity contribution in [1.82, 2.24) is 14.8 Å². The maximum absolute atomic E-state index is 6.33. The quantitative estimate of drug-likeness (QED) is 0.846. The average molecular weight is 330 g/mol. The van der Waals surface area contributed by atoms with Gasteiger partial charge in [0.05, 0.1) is 5.52 Å². The Morgan fingerprint density at radius 2 is 1.96 bits per heavy atom. The lowest BCUT2D eigenvalue weighted by molar-refractivity contribution is 0.186. The Hall–Kier alpha value is -1.16. The first-order valence-corrected chi connectivity index (χ1v) is 9.17. The van der Waals surface area contributed by atoms with E-state index in [4.69, 9.17) is 11.6 Å². The number of hydrogen-bond donors (Lipinski definition) is 0. The van der Waals surface area contributed by atoms with E-state index in [1.165, 1.54) is 57.4 Å². The lowest BCUT2D eigenvalue weighted by atomic mass is 10.1. The van der Waals surface area contributed by atoms with Crippen molar-refractivity contribution in [3.05, 3.63) is 41.0 Å². The molecule has 2 fully saturated rings. The summed E-state index contributed by atoms with van der Waals surface area (Å²) in [5.41, 5.74) is 2.37. The Labute approximate surface area is 143 Å². The Morgan fingerprint density at radius 3 is 2.83 bits per heavy atom. The summed E-state index contributed by atoms with van der Waals surface area (Å²) in [5, 5.41) is 1.87. The molecule has 0 N–H and O–H groups in total. The number of nitrogens with zero attached hydrogens (tertiary/aromatic N) is 3. The molecule has 2 aliphatic heterocycles. The predicted octanol–water partition coefficient (Wildman–Crippen LogP) is 3.95. The molecule has 23 heavy (non-hydrogen) atoms. The Bertz CT molecular complexity index is 681. The van der Waals surface area contributed by atoms with Crippen molar-refractivity contribution in [3.8, 4) is 0 Å². The standard InChI is InChI=1S/C19H24ClN3/c20-18-8-7-15(19-17(18)6-3-9-21-19)13-23-12-4-5-16(23)14-22-10-1-2-11-22/h3,6-9,16H,1-2,4-5,10-14H2. The average Bonchev–Trinajstić information content (AvgIpc) is 3.23. The smallest absolute Gasteiger partial charge is 0.0761 e. The van der Waals surface area contributed by atoms with Gasteiger partial charge in [-0.25, -0.2) is 0 Å². The Balaban J connectivity index is 1.54. The highest BCUT2D eigenvalue weighted by molar-refractivity contribution is 6.35. The first-order chi connectivity index (χ1) is 11.3. The third-order valence-corrected chi connectivity index (χ3v) is 5.67. The molecule has 1 atom stereocenters. The predicted molar refractivity (Wildman–Crippen MR) is 95.9 cm³/mol. The van der Waals surface area contributed by atoms with Gasteiger partial charge >= 0.3 is 0 Å². The molecule has 0 aliphatic carbocycles. The molecular weight excluding hydrogens is 306 g/mol. The van der Waals surface area contributed by atoms with E-state index >= 15 is 0 Å². The molecule has 2 aromatic rings. The molecule has 2 aliphatic rings. The van der Waals surface area contributed by atoms with Gasteiger partial charge in [-0.15, -0.1) is 0 Å². The molecule has 3 heterocycles. The normalized spacial score (nSPS) is 23.1. The molecule has 0 bridgehead atoms. The van der Waals surface area contributed by atoms with E-state index in [9.17, 15) is 0 Å². The Morgan fingerprint density at radius 1 is 1.09 bits per heavy atom. The maximum atomic E-state index is 6.33. The van der Waals surface area contributed by atoms with Crippen molar-refractivity contribution in [3.63, 3.8) is 0 Å². The zero-order chi connectivity index (χ0) is 15.6. The van der Waals surface area contributed by atoms with Crippen LogP contribution in [0.15, 0.2) is 30.5 Å². The van der Waals surface area contributed by atoms with E-state index in [2.05, 4.69) is 26.9 Å². The van der Waals surface area contributed by atoms with Crippen molar-refractivity contribution >= 4 is 22.5 Å². The third kappa shape index (κ3) is 3.23. The molecule has 0 radical (unpaired) electrons. The van der Waals surface area contributed by atoms with Crippen LogP contribution in [0.25, 0.3) is 10.9 Å². The summed E-state index contributed by atoms with van der Waals surface area (Å²) >= 11 is 6.33. The Kier molecular flexibility index (Phi) is 4.52. The highest BCUT2D eigenvalue weighted by Gasteiger charge is 2.27. The lowest BCUT2D eigenvalue weighted by Crippen LogP contribution is -2.38. The fourth-order valence-corrected chi connectivity index (χ4v) is 4.33. The van der Waals surface area contributed by atoms with Crippen LogP contribution in [-0.4, -0.2) is 47.0 Å². The summed E-state index contributed by atoms with van der Waals surface area (Å²) in [4.78, 5) is 9.88. The van der Waals surface area contributed by atoms with E-state index < -0.39 is 0 Å². The highest BCUT2D eigenvalue weighted by Crippen LogP contribution is 2.28. The molecular formula is C19H24ClN3. The minimum atomic E-state index is 0.697. The monoisotopic (exact) mass is 329 g/mol. The van der Waals surface area contributed by atoms with Crippen molar-refractivity contribution in [2.45, 2.75) is 38.3 Å². The van der Waals surface area contributed by atoms with Gasteiger partial charge in [0.1, 0.15) is 0 Å². The second-order valence-electron chi connectivity index (χ2n) is 6.88. The number of fused-ring (bicyclic) bond motifs is 1. The largest absolute Gasteiger partial charge is 0.302 e. The van der Waals surface area contributed by atoms with Crippen LogP contribution in [0.4, 0.5) is 0 Å². The molecule has 1 aromatic carbocycles. The number of benzene rings is 1. The fourth-order valence-electron chi connectivity index (χ4n) is 4.12. The van der Waals surface area contributed by atoms with Gasteiger partial charge in [0.15, 0.2) is 0 Å². The number of aromatic nitrogens is 1. The van der Waals surface area contributed by atoms with Crippen molar-refractivity contribution in [2.75, 3.05) is 26.2 Å². The van der Waals surface area contributed by atoms with Gasteiger partial charge in [0.25, 0.3) is 0 Å². The van der Waals surface area contributed by atoms with Crippen LogP contribution in [0, 0.1) is 0 Å². The second-order valence-corrected chi connectivity index (χ2v) is 7.29. The summed E-state index contributed by atoms with van der Waals surface area (Å²) < 4.78 is 0. The molecule has 4 heteroatoms. The topological polar surface area (TPSA) is 19.4 Å². The van der Waals surface area contributed by atoms with Gasteiger partial charge in [-0.05, 0) is 69.1 Å². The van der Waals surface area contributed by atoms with Gasteiger partial charge in [-0.3, -0.25) is 9.88 Å². The van der Waals surface area contributed by atoms with Crippen LogP contribution in [0.3, 0.4) is 0 Å². The molecule has 3 nitrogen and oxygen atoms in total. The van der Waals surface area contributed by atoms with Gasteiger partial charge in [0.2, 0.25) is 0 Å². The van der Waals surface area contributed by atoms with Gasteiger partial charge in [-0.2, -0.15) is 0 Å². The zero-order valence-corrected chi connectivity index (χ0v) is 14.3. The van der Waals surface area contributed by atoms with Crippen LogP contribution in [0.1, 0.15) is 31.2 Å². The van der Waals surface area contributed by atoms with Gasteiger partial charge in [0, 0.05) is 35.7 Å². The summed E-state index contributed by atoms with van der Waals surface area (Å²) in [7, 11) is 0. The molecule has 0 saturated carbocycles. The second kappa shape index (κ2) is 6.76. The zero-order valence-electron chi connectivity index (χ0n) is 13.5. The molecule has 2 saturated heterocycles. The van der Waals surface area contributed by atoms with Crippen molar-refractivity contribution < 1.29 is 0 Å². The van der Waals surface area contributed by atoms with Gasteiger partial charge in [-0.1, -0.05) is 17.7 Å². The lowest BCUT2D eigenvalue weighted by Gasteiger charge is -2.28. The SMILES string of the molecule is Clc1ccc(CN2CCCC2CN2CCCC2)c2ncccc12. The minimum Gasteiger partial charge on any atom is -0.302 e. The third-order valence-electron chi connectivity index (χ3n) is 5.34. The van der Waals surface area contributed by atoms with Crippen LogP contribution < -0.4 is 0 Å². The van der Waals surface area contributed by atoms with Crippen LogP contribution in [0.2, 0.25) is 5.02 Å². The van der Waals surface area contributed by atoms with E-state index in [0.29, 0.717) is 6.04 Å². The van der Waals surface area contributed by atoms with E-state index in [0.717, 1.165) is 22.5 Å². The first kappa shape index (κ1) is 15.4. The maximum Gasteiger partial charge on any atom is 0.0761 e. The van der Waals surface area contributed by atoms with Gasteiger partial charge < -0.3 is 4.90 Å². The first-order valence-electron chi connectivity index (χ1n) is 8.80. The molecule has 0 amide bonds. The summed E-state index contributed by atoms with van der Waals surface area (Å²) in [6.07, 6.45) is 7.26. The molecule has 1 aromatic heterocycles. The number of halogens is 1. The molecule has 1 unspecified atom stereocenters. The highest BCUT2D eigenvalue weighted by atomic mass is 35.5. The van der Waals surface area contributed by atoms with E-state index in [1.54, 1.807) is 0 Å². The van der Waals surface area contributed by atoms with Crippen LogP contribution in [-0.2, 0) is 6.54 Å².